The summed E-state index contributed by atoms with van der Waals surface area (Å²) in [6.45, 7) is 25.9. The maximum Gasteiger partial charge on any atom is 0.213 e. The van der Waals surface area contributed by atoms with Gasteiger partial charge < -0.3 is 66.3 Å². The van der Waals surface area contributed by atoms with Crippen LogP contribution in [0.2, 0.25) is 0 Å². The Hall–Kier alpha value is -14.0. The van der Waals surface area contributed by atoms with Gasteiger partial charge in [-0.05, 0) is 135 Å². The van der Waals surface area contributed by atoms with Gasteiger partial charge in [0.1, 0.15) is 111 Å². The second-order valence-electron chi connectivity index (χ2n) is 32.7. The summed E-state index contributed by atoms with van der Waals surface area (Å²) in [6, 6.07) is 50.8. The van der Waals surface area contributed by atoms with Crippen molar-refractivity contribution in [3.05, 3.63) is 307 Å². The van der Waals surface area contributed by atoms with E-state index in [0.717, 1.165) is 79.6 Å². The molecule has 6 aliphatic rings. The number of ketones is 6. The number of nitrogens with zero attached hydrogens (tertiary/aromatic N) is 12. The summed E-state index contributed by atoms with van der Waals surface area (Å²) in [5, 5.41) is 0. The molecule has 32 heteroatoms. The number of hydrogen-bond acceptors (Lipinski definition) is 32. The lowest BCUT2D eigenvalue weighted by molar-refractivity contribution is -0.0797. The van der Waals surface area contributed by atoms with Gasteiger partial charge in [-0.15, -0.1) is 0 Å². The van der Waals surface area contributed by atoms with Crippen LogP contribution in [0.3, 0.4) is 0 Å². The number of pyridine rings is 12. The van der Waals surface area contributed by atoms with E-state index in [1.54, 1.807) is 87.3 Å². The van der Waals surface area contributed by atoms with Crippen LogP contribution in [-0.4, -0.2) is 225 Å². The molecule has 6 aliphatic heterocycles. The van der Waals surface area contributed by atoms with Gasteiger partial charge in [0.05, 0.1) is 144 Å². The number of carbonyl (C=O) groups is 6. The topological polar surface area (TPSA) is 386 Å². The Morgan fingerprint density at radius 2 is 0.485 bits per heavy atom. The first-order chi connectivity index (χ1) is 64.7. The molecule has 18 rings (SSSR count). The second-order valence-corrected chi connectivity index (χ2v) is 32.7. The van der Waals surface area contributed by atoms with Gasteiger partial charge in [-0.1, -0.05) is 30.3 Å². The molecule has 32 nitrogen and oxygen atoms in total. The molecule has 12 aromatic rings. The minimum absolute atomic E-state index is 0.0554. The highest BCUT2D eigenvalue weighted by molar-refractivity contribution is 5.99. The third-order valence-electron chi connectivity index (χ3n) is 20.6. The molecule has 0 spiro atoms. The van der Waals surface area contributed by atoms with Gasteiger partial charge in [-0.25, -0.2) is 34.9 Å². The second kappa shape index (κ2) is 47.9. The molecule has 0 bridgehead atoms. The van der Waals surface area contributed by atoms with Crippen LogP contribution in [0.15, 0.2) is 182 Å². The molecule has 0 radical (unpaired) electrons. The average molecular weight is 1820 g/mol. The van der Waals surface area contributed by atoms with E-state index < -0.39 is 0 Å². The molecule has 6 saturated heterocycles. The van der Waals surface area contributed by atoms with Crippen LogP contribution in [0.4, 0.5) is 0 Å². The first kappa shape index (κ1) is 97.5. The lowest BCUT2D eigenvalue weighted by Gasteiger charge is -2.26. The molecule has 18 heterocycles. The van der Waals surface area contributed by atoms with Crippen molar-refractivity contribution in [3.63, 3.8) is 0 Å². The number of ether oxygens (including phenoxy) is 14. The zero-order chi connectivity index (χ0) is 94.6. The van der Waals surface area contributed by atoms with E-state index >= 15 is 0 Å². The SMILES string of the molecule is COc1ccc(CC(=O)c2cc(OC3COC3)cc(C)n2)nc1.COc1cccc(CC(=O)c2cc(OC3COC3)cc(C)n2)n1.Cc1ccc(CC(=O)c2cc(OC3COC3)cc(C)n2)nc1.Cc1cccc(CC(=O)c2cc(OC3COC3)cc(C)n2)n1.Cc1cccc(CC(=O)c2cc(OC3COC3)cc(C)n2)n1.Cc1cccc(CC(=O)c2cc(OC3COC3)cc(C)n2)n1. The van der Waals surface area contributed by atoms with Gasteiger partial charge in [0.2, 0.25) is 5.88 Å². The van der Waals surface area contributed by atoms with Gasteiger partial charge >= 0.3 is 0 Å². The summed E-state index contributed by atoms with van der Waals surface area (Å²) in [7, 11) is 3.12. The average Bonchev–Trinajstić information content (AvgIpc) is 0.866. The zero-order valence-corrected chi connectivity index (χ0v) is 77.0. The molecule has 0 N–H and O–H groups in total. The van der Waals surface area contributed by atoms with E-state index in [9.17, 15) is 28.8 Å². The number of rotatable bonds is 32. The Morgan fingerprint density at radius 3 is 0.694 bits per heavy atom. The monoisotopic (exact) mass is 1820 g/mol. The minimum atomic E-state index is -0.107. The van der Waals surface area contributed by atoms with Crippen LogP contribution in [-0.2, 0) is 66.9 Å². The normalized spacial score (nSPS) is 14.4. The number of carbonyl (C=O) groups excluding carboxylic acids is 6. The highest BCUT2D eigenvalue weighted by Crippen LogP contribution is 2.28. The molecule has 0 aromatic carbocycles. The first-order valence-electron chi connectivity index (χ1n) is 43.9. The fourth-order valence-corrected chi connectivity index (χ4v) is 13.5. The molecular formula is C102H108N12O20. The predicted octanol–water partition coefficient (Wildman–Crippen LogP) is 13.2. The van der Waals surface area contributed by atoms with Crippen LogP contribution >= 0.6 is 0 Å². The molecule has 0 aliphatic carbocycles. The van der Waals surface area contributed by atoms with Gasteiger partial charge in [-0.3, -0.25) is 53.7 Å². The number of aryl methyl sites for hydroxylation is 10. The predicted molar refractivity (Wildman–Crippen MR) is 491 cm³/mol. The van der Waals surface area contributed by atoms with Crippen LogP contribution in [0.25, 0.3) is 0 Å². The van der Waals surface area contributed by atoms with E-state index in [1.807, 2.05) is 178 Å². The van der Waals surface area contributed by atoms with Crippen molar-refractivity contribution in [2.45, 2.75) is 144 Å². The highest BCUT2D eigenvalue weighted by atomic mass is 16.6. The van der Waals surface area contributed by atoms with Crippen molar-refractivity contribution in [3.8, 4) is 46.1 Å². The maximum absolute atomic E-state index is 12.5. The molecule has 12 aromatic heterocycles. The molecule has 6 fully saturated rings. The Labute approximate surface area is 777 Å². The highest BCUT2D eigenvalue weighted by Gasteiger charge is 2.29. The van der Waals surface area contributed by atoms with Crippen molar-refractivity contribution in [1.29, 1.82) is 0 Å². The van der Waals surface area contributed by atoms with E-state index in [-0.39, 0.29) is 110 Å². The largest absolute Gasteiger partial charge is 0.495 e. The fraction of sp³-hybridized carbons (Fsp3) is 0.353. The Balaban J connectivity index is 0.000000136. The lowest BCUT2D eigenvalue weighted by atomic mass is 10.1. The van der Waals surface area contributed by atoms with Gasteiger partial charge in [0.15, 0.2) is 34.7 Å². The molecule has 0 saturated carbocycles. The maximum atomic E-state index is 12.5. The smallest absolute Gasteiger partial charge is 0.213 e. The van der Waals surface area contributed by atoms with Crippen LogP contribution in [0.5, 0.6) is 46.1 Å². The van der Waals surface area contributed by atoms with E-state index in [0.29, 0.717) is 171 Å². The third-order valence-corrected chi connectivity index (χ3v) is 20.6. The Bertz CT molecular complexity index is 5780. The van der Waals surface area contributed by atoms with Crippen LogP contribution < -0.4 is 37.9 Å². The van der Waals surface area contributed by atoms with Crippen molar-refractivity contribution in [2.24, 2.45) is 0 Å². The molecular weight excluding hydrogens is 1710 g/mol. The first-order valence-corrected chi connectivity index (χ1v) is 43.9. The van der Waals surface area contributed by atoms with Gasteiger partial charge in [0, 0.05) is 165 Å². The van der Waals surface area contributed by atoms with E-state index in [2.05, 4.69) is 59.8 Å². The van der Waals surface area contributed by atoms with Crippen molar-refractivity contribution < 1.29 is 95.1 Å². The number of Topliss-reactive ketones (excluding diaryl/α,β-unsaturated/α-hetero) is 6. The summed E-state index contributed by atoms with van der Waals surface area (Å²) in [5.41, 5.74) is 15.1. The van der Waals surface area contributed by atoms with Gasteiger partial charge in [-0.2, -0.15) is 0 Å². The van der Waals surface area contributed by atoms with Crippen molar-refractivity contribution >= 4 is 34.7 Å². The van der Waals surface area contributed by atoms with Crippen LogP contribution in [0, 0.1) is 69.2 Å². The van der Waals surface area contributed by atoms with Crippen LogP contribution in [0.1, 0.15) is 154 Å². The number of hydrogen-bond donors (Lipinski definition) is 0. The molecule has 696 valence electrons. The summed E-state index contributed by atoms with van der Waals surface area (Å²) >= 11 is 0. The van der Waals surface area contributed by atoms with E-state index in [4.69, 9.17) is 66.3 Å². The fourth-order valence-electron chi connectivity index (χ4n) is 13.5. The molecule has 134 heavy (non-hydrogen) atoms. The lowest BCUT2D eigenvalue weighted by Crippen LogP contribution is -2.38. The zero-order valence-electron chi connectivity index (χ0n) is 77.0. The molecule has 0 atom stereocenters. The Morgan fingerprint density at radius 1 is 0.246 bits per heavy atom. The van der Waals surface area contributed by atoms with E-state index in [1.165, 1.54) is 0 Å². The summed E-state index contributed by atoms with van der Waals surface area (Å²) in [4.78, 5) is 126. The van der Waals surface area contributed by atoms with Gasteiger partial charge in [0.25, 0.3) is 0 Å². The standard InChI is InChI=1S/2C17H18N2O4.4C17H18N2O3/c1-11-5-14(23-15-9-22-10-15)7-16(19-11)17(20)6-12-3-4-13(21-2)8-18-12;1-11-6-13(23-14-9-22-10-14)8-15(18-11)16(20)7-12-4-3-5-17(19-12)21-2;1-11-3-4-13(18-8-11)6-17(20)16-7-14(5-12(2)19-16)22-15-9-21-10-15;3*1-11-4-3-5-13(18-11)7-17(20)16-8-14(6-12(2)19-16)22-15-9-21-10-15/h3-5,7-8,15H,6,9-10H2,1-2H3;3-6,8,14H,7,9-10H2,1-2H3;3-5,7-8,15H,6,9-10H2,1-2H3;3*3-6,8,15H,7,9-10H2,1-2H3. The summed E-state index contributed by atoms with van der Waals surface area (Å²) < 4.78 is 75.2. The molecule has 0 unspecified atom stereocenters. The minimum Gasteiger partial charge on any atom is -0.495 e. The third kappa shape index (κ3) is 30.5. The summed E-state index contributed by atoms with van der Waals surface area (Å²) in [6.07, 6.45) is 5.07. The number of methoxy groups -OCH3 is 2. The Kier molecular flexibility index (Phi) is 34.8. The number of aromatic nitrogens is 12. The quantitative estimate of drug-likeness (QED) is 0.0353. The molecule has 0 amide bonds. The van der Waals surface area contributed by atoms with Crippen molar-refractivity contribution in [2.75, 3.05) is 93.5 Å². The summed E-state index contributed by atoms with van der Waals surface area (Å²) in [5.74, 6) is 4.67. The van der Waals surface area contributed by atoms with Crippen molar-refractivity contribution in [1.82, 2.24) is 59.8 Å².